The minimum Gasteiger partial charge on any atom is -0.361 e. The fraction of sp³-hybridized carbons (Fsp3) is 0.478. The Morgan fingerprint density at radius 2 is 2.11 bits per heavy atom. The van der Waals surface area contributed by atoms with Crippen LogP contribution in [-0.4, -0.2) is 28.8 Å². The molecule has 1 aromatic carbocycles. The molecule has 0 amide bonds. The summed E-state index contributed by atoms with van der Waals surface area (Å²) in [6.45, 7) is 4.36. The monoisotopic (exact) mass is 395 g/mol. The molecule has 4 nitrogen and oxygen atoms in total. The first kappa shape index (κ1) is 19.2. The first-order valence-corrected chi connectivity index (χ1v) is 11.3. The van der Waals surface area contributed by atoms with E-state index in [1.807, 2.05) is 0 Å². The van der Waals surface area contributed by atoms with Crippen molar-refractivity contribution in [3.05, 3.63) is 47.1 Å². The molecule has 0 radical (unpaired) electrons. The number of H-pyrrole nitrogens is 1. The molecule has 3 heterocycles. The van der Waals surface area contributed by atoms with Gasteiger partial charge in [-0.1, -0.05) is 49.3 Å². The third-order valence-corrected chi connectivity index (χ3v) is 6.87. The van der Waals surface area contributed by atoms with E-state index < -0.39 is 0 Å². The van der Waals surface area contributed by atoms with Crippen LogP contribution in [0.1, 0.15) is 60.7 Å². The molecule has 1 fully saturated rings. The fourth-order valence-corrected chi connectivity index (χ4v) is 5.11. The SMILES string of the molecule is CCCCC(CC(=O)c1cnc(N2CCCC2)s1)Cc1c[nH]c2ccccc12. The van der Waals surface area contributed by atoms with Crippen LogP contribution >= 0.6 is 11.3 Å². The lowest BCUT2D eigenvalue weighted by Crippen LogP contribution is -2.16. The molecule has 1 saturated heterocycles. The number of benzene rings is 1. The Labute approximate surface area is 171 Å². The highest BCUT2D eigenvalue weighted by molar-refractivity contribution is 7.17. The number of fused-ring (bicyclic) bond motifs is 1. The number of carbonyl (C=O) groups is 1. The van der Waals surface area contributed by atoms with Gasteiger partial charge in [-0.15, -0.1) is 0 Å². The summed E-state index contributed by atoms with van der Waals surface area (Å²) in [5.74, 6) is 0.632. The quantitative estimate of drug-likeness (QED) is 0.463. The molecule has 1 aliphatic heterocycles. The van der Waals surface area contributed by atoms with Crippen LogP contribution in [0.15, 0.2) is 36.7 Å². The molecule has 1 unspecified atom stereocenters. The second kappa shape index (κ2) is 8.91. The lowest BCUT2D eigenvalue weighted by Gasteiger charge is -2.15. The average molecular weight is 396 g/mol. The topological polar surface area (TPSA) is 49.0 Å². The first-order valence-electron chi connectivity index (χ1n) is 10.5. The van der Waals surface area contributed by atoms with E-state index in [0.717, 1.165) is 42.4 Å². The molecule has 3 aromatic rings. The molecule has 0 aliphatic carbocycles. The number of aromatic amines is 1. The number of para-hydroxylation sites is 1. The highest BCUT2D eigenvalue weighted by Crippen LogP contribution is 2.30. The van der Waals surface area contributed by atoms with Crippen LogP contribution in [-0.2, 0) is 6.42 Å². The lowest BCUT2D eigenvalue weighted by molar-refractivity contribution is 0.0962. The van der Waals surface area contributed by atoms with Crippen molar-refractivity contribution in [2.45, 2.75) is 51.9 Å². The van der Waals surface area contributed by atoms with Gasteiger partial charge in [0.1, 0.15) is 0 Å². The summed E-state index contributed by atoms with van der Waals surface area (Å²) in [6, 6.07) is 8.43. The maximum absolute atomic E-state index is 13.0. The van der Waals surface area contributed by atoms with Gasteiger partial charge in [-0.3, -0.25) is 4.79 Å². The number of anilines is 1. The minimum absolute atomic E-state index is 0.254. The van der Waals surface area contributed by atoms with Gasteiger partial charge in [-0.2, -0.15) is 0 Å². The predicted octanol–water partition coefficient (Wildman–Crippen LogP) is 5.85. The number of hydrogen-bond acceptors (Lipinski definition) is 4. The molecular formula is C23H29N3OS. The number of aromatic nitrogens is 2. The van der Waals surface area contributed by atoms with Crippen molar-refractivity contribution in [1.82, 2.24) is 9.97 Å². The number of carbonyl (C=O) groups excluding carboxylic acids is 1. The predicted molar refractivity (Wildman–Crippen MR) is 118 cm³/mol. The molecule has 5 heteroatoms. The summed E-state index contributed by atoms with van der Waals surface area (Å²) in [5.41, 5.74) is 2.50. The third kappa shape index (κ3) is 4.30. The second-order valence-electron chi connectivity index (χ2n) is 7.90. The highest BCUT2D eigenvalue weighted by atomic mass is 32.1. The van der Waals surface area contributed by atoms with Gasteiger partial charge in [0.2, 0.25) is 0 Å². The first-order chi connectivity index (χ1) is 13.7. The van der Waals surface area contributed by atoms with E-state index in [2.05, 4.69) is 52.3 Å². The number of rotatable bonds is 9. The van der Waals surface area contributed by atoms with Gasteiger partial charge >= 0.3 is 0 Å². The number of nitrogens with one attached hydrogen (secondary N) is 1. The summed E-state index contributed by atoms with van der Waals surface area (Å²) in [7, 11) is 0. The normalized spacial score (nSPS) is 15.4. The summed E-state index contributed by atoms with van der Waals surface area (Å²) in [4.78, 5) is 24.0. The molecule has 0 spiro atoms. The summed E-state index contributed by atoms with van der Waals surface area (Å²) in [5, 5.41) is 2.30. The van der Waals surface area contributed by atoms with Crippen molar-refractivity contribution in [2.24, 2.45) is 5.92 Å². The van der Waals surface area contributed by atoms with E-state index in [9.17, 15) is 4.79 Å². The van der Waals surface area contributed by atoms with Gasteiger partial charge in [0, 0.05) is 36.6 Å². The van der Waals surface area contributed by atoms with E-state index in [1.165, 1.54) is 35.7 Å². The molecule has 4 rings (SSSR count). The average Bonchev–Trinajstić information content (AvgIpc) is 3.46. The Morgan fingerprint density at radius 3 is 2.93 bits per heavy atom. The standard InChI is InChI=1S/C23H29N3OS/c1-2-3-8-17(13-18-15-24-20-10-5-4-9-19(18)20)14-21(27)22-16-25-23(28-22)26-11-6-7-12-26/h4-5,9-10,15-17,24H,2-3,6-8,11-14H2,1H3. The molecule has 0 saturated carbocycles. The zero-order valence-electron chi connectivity index (χ0n) is 16.6. The van der Waals surface area contributed by atoms with Crippen molar-refractivity contribution < 1.29 is 4.79 Å². The molecule has 1 aliphatic rings. The van der Waals surface area contributed by atoms with Gasteiger partial charge < -0.3 is 9.88 Å². The van der Waals surface area contributed by atoms with Crippen LogP contribution < -0.4 is 4.90 Å². The maximum Gasteiger partial charge on any atom is 0.185 e. The maximum atomic E-state index is 13.0. The molecule has 0 bridgehead atoms. The molecule has 1 N–H and O–H groups in total. The van der Waals surface area contributed by atoms with E-state index in [0.29, 0.717) is 12.3 Å². The van der Waals surface area contributed by atoms with E-state index in [-0.39, 0.29) is 5.78 Å². The van der Waals surface area contributed by atoms with Crippen molar-refractivity contribution in [1.29, 1.82) is 0 Å². The molecule has 1 atom stereocenters. The van der Waals surface area contributed by atoms with Gasteiger partial charge in [0.05, 0.1) is 11.1 Å². The number of hydrogen-bond donors (Lipinski definition) is 1. The zero-order valence-corrected chi connectivity index (χ0v) is 17.4. The lowest BCUT2D eigenvalue weighted by atomic mass is 9.89. The number of Topliss-reactive ketones (excluding diaryl/α,β-unsaturated/α-hetero) is 1. The number of ketones is 1. The number of unbranched alkanes of at least 4 members (excludes halogenated alkanes) is 1. The smallest absolute Gasteiger partial charge is 0.185 e. The van der Waals surface area contributed by atoms with Gasteiger partial charge in [-0.25, -0.2) is 4.98 Å². The second-order valence-corrected chi connectivity index (χ2v) is 8.91. The molecule has 148 valence electrons. The van der Waals surface area contributed by atoms with Crippen LogP contribution in [0.5, 0.6) is 0 Å². The Hall–Kier alpha value is -2.14. The number of nitrogens with zero attached hydrogens (tertiary/aromatic N) is 2. The van der Waals surface area contributed by atoms with Crippen LogP contribution in [0.3, 0.4) is 0 Å². The Kier molecular flexibility index (Phi) is 6.10. The van der Waals surface area contributed by atoms with Crippen LogP contribution in [0.25, 0.3) is 10.9 Å². The molecule has 2 aromatic heterocycles. The summed E-state index contributed by atoms with van der Waals surface area (Å²) in [6.07, 6.45) is 11.4. The van der Waals surface area contributed by atoms with Crippen molar-refractivity contribution >= 4 is 33.2 Å². The third-order valence-electron chi connectivity index (χ3n) is 5.77. The summed E-state index contributed by atoms with van der Waals surface area (Å²) >= 11 is 1.57. The highest BCUT2D eigenvalue weighted by Gasteiger charge is 2.21. The van der Waals surface area contributed by atoms with Crippen LogP contribution in [0.4, 0.5) is 5.13 Å². The Bertz CT molecular complexity index is 923. The van der Waals surface area contributed by atoms with Crippen molar-refractivity contribution in [3.63, 3.8) is 0 Å². The summed E-state index contributed by atoms with van der Waals surface area (Å²) < 4.78 is 0. The number of thiazole rings is 1. The van der Waals surface area contributed by atoms with E-state index in [4.69, 9.17) is 0 Å². The minimum atomic E-state index is 0.254. The van der Waals surface area contributed by atoms with E-state index in [1.54, 1.807) is 17.5 Å². The molecular weight excluding hydrogens is 366 g/mol. The van der Waals surface area contributed by atoms with Crippen molar-refractivity contribution in [3.8, 4) is 0 Å². The van der Waals surface area contributed by atoms with Crippen LogP contribution in [0.2, 0.25) is 0 Å². The Balaban J connectivity index is 1.46. The largest absolute Gasteiger partial charge is 0.361 e. The van der Waals surface area contributed by atoms with Gasteiger partial charge in [-0.05, 0) is 43.2 Å². The molecule has 28 heavy (non-hydrogen) atoms. The van der Waals surface area contributed by atoms with Crippen molar-refractivity contribution in [2.75, 3.05) is 18.0 Å². The van der Waals surface area contributed by atoms with Gasteiger partial charge in [0.15, 0.2) is 10.9 Å². The fourth-order valence-electron chi connectivity index (χ4n) is 4.19. The van der Waals surface area contributed by atoms with E-state index >= 15 is 0 Å². The Morgan fingerprint density at radius 1 is 1.29 bits per heavy atom. The zero-order chi connectivity index (χ0) is 19.3. The van der Waals surface area contributed by atoms with Gasteiger partial charge in [0.25, 0.3) is 0 Å². The van der Waals surface area contributed by atoms with Crippen LogP contribution in [0, 0.1) is 5.92 Å².